The summed E-state index contributed by atoms with van der Waals surface area (Å²) in [6, 6.07) is 17.5. The Morgan fingerprint density at radius 1 is 0.314 bits per heavy atom. The second-order valence-electron chi connectivity index (χ2n) is 21.5. The molecule has 0 heterocycles. The van der Waals surface area contributed by atoms with E-state index in [9.17, 15) is 0 Å². The number of benzene rings is 2. The van der Waals surface area contributed by atoms with Crippen molar-refractivity contribution in [3.63, 3.8) is 0 Å². The first-order chi connectivity index (χ1) is 34.8. The Morgan fingerprint density at radius 3 is 0.957 bits per heavy atom. The third-order valence-corrected chi connectivity index (χ3v) is 14.8. The van der Waals surface area contributed by atoms with E-state index in [2.05, 4.69) is 99.8 Å². The number of nitrogens with zero attached hydrogens (tertiary/aromatic N) is 2. The molecular weight excluding hydrogens is 845 g/mol. The van der Waals surface area contributed by atoms with E-state index in [4.69, 9.17) is 9.98 Å². The van der Waals surface area contributed by atoms with Gasteiger partial charge in [-0.15, -0.1) is 0 Å². The SMILES string of the molecule is CCCCCCCCCCCCCCCCCCCCC=CCCCc1ccccc1N=CC(CCCC)=Nc1ccccc1CCCC=CCCCCCCCCCCCCCCCCCCCC. The molecule has 2 rings (SSSR count). The molecule has 2 aromatic carbocycles. The van der Waals surface area contributed by atoms with Gasteiger partial charge in [-0.25, -0.2) is 0 Å². The van der Waals surface area contributed by atoms with Gasteiger partial charge in [0.05, 0.1) is 17.1 Å². The van der Waals surface area contributed by atoms with Crippen LogP contribution in [0.15, 0.2) is 82.8 Å². The molecule has 0 fully saturated rings. The Labute approximate surface area is 437 Å². The minimum atomic E-state index is 0.961. The molecule has 398 valence electrons. The predicted molar refractivity (Wildman–Crippen MR) is 319 cm³/mol. The van der Waals surface area contributed by atoms with E-state index in [1.165, 1.54) is 268 Å². The first-order valence-corrected chi connectivity index (χ1v) is 31.4. The van der Waals surface area contributed by atoms with Crippen LogP contribution in [0.2, 0.25) is 0 Å². The minimum Gasteiger partial charge on any atom is -0.255 e. The van der Waals surface area contributed by atoms with Gasteiger partial charge in [-0.3, -0.25) is 9.98 Å². The van der Waals surface area contributed by atoms with E-state index in [1.807, 2.05) is 0 Å². The highest BCUT2D eigenvalue weighted by atomic mass is 14.8. The van der Waals surface area contributed by atoms with E-state index >= 15 is 0 Å². The van der Waals surface area contributed by atoms with Crippen LogP contribution in [0.5, 0.6) is 0 Å². The molecule has 0 aliphatic rings. The van der Waals surface area contributed by atoms with Gasteiger partial charge in [0.2, 0.25) is 0 Å². The van der Waals surface area contributed by atoms with Crippen molar-refractivity contribution < 1.29 is 0 Å². The second kappa shape index (κ2) is 51.2. The molecule has 0 atom stereocenters. The van der Waals surface area contributed by atoms with Crippen LogP contribution >= 0.6 is 0 Å². The molecule has 0 saturated heterocycles. The standard InChI is InChI=1S/C68H116N2/c1-4-7-10-12-14-16-18-20-22-24-26-28-30-32-34-36-38-40-42-44-46-48-50-56-64-58-52-54-61-67(64)69-63-66(60-9-6-3)70-68-62-55-53-59-65(68)57-51-49-47-45-43-41-39-37-35-33-31-29-27-25-23-21-19-17-15-13-11-8-5-2/h44-47,52-55,58-59,61-63H,4-43,48-51,56-57,60H2,1-3H3. The average Bonchev–Trinajstić information content (AvgIpc) is 3.38. The van der Waals surface area contributed by atoms with Crippen LogP contribution in [-0.4, -0.2) is 11.9 Å². The van der Waals surface area contributed by atoms with Gasteiger partial charge >= 0.3 is 0 Å². The lowest BCUT2D eigenvalue weighted by Crippen LogP contribution is -2.00. The quantitative estimate of drug-likeness (QED) is 0.0359. The average molecular weight is 962 g/mol. The van der Waals surface area contributed by atoms with Gasteiger partial charge in [0.25, 0.3) is 0 Å². The first-order valence-electron chi connectivity index (χ1n) is 31.4. The van der Waals surface area contributed by atoms with Crippen molar-refractivity contribution in [2.24, 2.45) is 9.98 Å². The van der Waals surface area contributed by atoms with Gasteiger partial charge in [0.1, 0.15) is 0 Å². The molecule has 0 bridgehead atoms. The summed E-state index contributed by atoms with van der Waals surface area (Å²) < 4.78 is 0. The summed E-state index contributed by atoms with van der Waals surface area (Å²) in [5, 5.41) is 0. The summed E-state index contributed by atoms with van der Waals surface area (Å²) >= 11 is 0. The number of allylic oxidation sites excluding steroid dienone is 4. The Morgan fingerprint density at radius 2 is 0.600 bits per heavy atom. The fourth-order valence-electron chi connectivity index (χ4n) is 10.1. The van der Waals surface area contributed by atoms with Crippen molar-refractivity contribution >= 4 is 23.3 Å². The third kappa shape index (κ3) is 39.8. The van der Waals surface area contributed by atoms with E-state index in [0.29, 0.717) is 0 Å². The van der Waals surface area contributed by atoms with Crippen LogP contribution in [0.25, 0.3) is 0 Å². The molecule has 0 saturated carbocycles. The Balaban J connectivity index is 1.56. The van der Waals surface area contributed by atoms with E-state index in [1.54, 1.807) is 0 Å². The van der Waals surface area contributed by atoms with Crippen LogP contribution in [-0.2, 0) is 12.8 Å². The van der Waals surface area contributed by atoms with Crippen molar-refractivity contribution in [1.29, 1.82) is 0 Å². The molecule has 0 amide bonds. The lowest BCUT2D eigenvalue weighted by molar-refractivity contribution is 0.525. The molecular formula is C68H116N2. The molecule has 0 aliphatic carbocycles. The summed E-state index contributed by atoms with van der Waals surface area (Å²) in [5.41, 5.74) is 6.01. The van der Waals surface area contributed by atoms with Crippen molar-refractivity contribution in [3.05, 3.63) is 84.0 Å². The Hall–Kier alpha value is -2.74. The maximum Gasteiger partial charge on any atom is 0.0665 e. The Bertz CT molecular complexity index is 1510. The van der Waals surface area contributed by atoms with Crippen molar-refractivity contribution in [2.75, 3.05) is 0 Å². The molecule has 0 radical (unpaired) electrons. The Kier molecular flexibility index (Phi) is 46.3. The molecule has 0 aliphatic heterocycles. The van der Waals surface area contributed by atoms with Gasteiger partial charge in [0, 0.05) is 6.21 Å². The number of unbranched alkanes of at least 4 members (excludes halogenated alkanes) is 39. The van der Waals surface area contributed by atoms with Gasteiger partial charge in [0.15, 0.2) is 0 Å². The highest BCUT2D eigenvalue weighted by Gasteiger charge is 2.06. The second-order valence-corrected chi connectivity index (χ2v) is 21.5. The molecule has 0 aromatic heterocycles. The zero-order valence-corrected chi connectivity index (χ0v) is 47.1. The van der Waals surface area contributed by atoms with Crippen molar-refractivity contribution in [1.82, 2.24) is 0 Å². The summed E-state index contributed by atoms with van der Waals surface area (Å²) in [6.07, 6.45) is 76.1. The monoisotopic (exact) mass is 961 g/mol. The minimum absolute atomic E-state index is 0.961. The molecule has 2 aromatic rings. The van der Waals surface area contributed by atoms with Gasteiger partial charge in [-0.05, 0) is 100 Å². The van der Waals surface area contributed by atoms with Crippen molar-refractivity contribution in [2.45, 2.75) is 323 Å². The van der Waals surface area contributed by atoms with Crippen LogP contribution < -0.4 is 0 Å². The summed E-state index contributed by atoms with van der Waals surface area (Å²) in [5.74, 6) is 0. The van der Waals surface area contributed by atoms with Crippen molar-refractivity contribution in [3.8, 4) is 0 Å². The number of hydrogen-bond acceptors (Lipinski definition) is 2. The van der Waals surface area contributed by atoms with Crippen LogP contribution in [0.3, 0.4) is 0 Å². The number of para-hydroxylation sites is 2. The molecule has 0 spiro atoms. The molecule has 2 nitrogen and oxygen atoms in total. The van der Waals surface area contributed by atoms with Crippen LogP contribution in [0.1, 0.15) is 321 Å². The third-order valence-electron chi connectivity index (χ3n) is 14.8. The van der Waals surface area contributed by atoms with E-state index in [0.717, 1.165) is 62.0 Å². The van der Waals surface area contributed by atoms with Gasteiger partial charge in [-0.2, -0.15) is 0 Å². The largest absolute Gasteiger partial charge is 0.255 e. The fraction of sp³-hybridized carbons (Fsp3) is 0.735. The highest BCUT2D eigenvalue weighted by Crippen LogP contribution is 2.25. The zero-order chi connectivity index (χ0) is 49.7. The normalized spacial score (nSPS) is 12.2. The smallest absolute Gasteiger partial charge is 0.0665 e. The topological polar surface area (TPSA) is 24.7 Å². The van der Waals surface area contributed by atoms with Gasteiger partial charge in [-0.1, -0.05) is 306 Å². The summed E-state index contributed by atoms with van der Waals surface area (Å²) in [7, 11) is 0. The van der Waals surface area contributed by atoms with Gasteiger partial charge < -0.3 is 0 Å². The lowest BCUT2D eigenvalue weighted by atomic mass is 10.0. The predicted octanol–water partition coefficient (Wildman–Crippen LogP) is 24.0. The van der Waals surface area contributed by atoms with E-state index < -0.39 is 0 Å². The fourth-order valence-corrected chi connectivity index (χ4v) is 10.1. The zero-order valence-electron chi connectivity index (χ0n) is 47.1. The summed E-state index contributed by atoms with van der Waals surface area (Å²) in [6.45, 7) is 6.88. The molecule has 2 heteroatoms. The number of hydrogen-bond donors (Lipinski definition) is 0. The summed E-state index contributed by atoms with van der Waals surface area (Å²) in [4.78, 5) is 10.3. The maximum atomic E-state index is 5.25. The number of aryl methyl sites for hydroxylation is 2. The number of aliphatic imine (C=N–C) groups is 2. The maximum absolute atomic E-state index is 5.25. The molecule has 70 heavy (non-hydrogen) atoms. The molecule has 0 unspecified atom stereocenters. The van der Waals surface area contributed by atoms with Crippen LogP contribution in [0.4, 0.5) is 11.4 Å². The lowest BCUT2D eigenvalue weighted by Gasteiger charge is -2.08. The van der Waals surface area contributed by atoms with Crippen LogP contribution in [0, 0.1) is 0 Å². The highest BCUT2D eigenvalue weighted by molar-refractivity contribution is 6.31. The first kappa shape index (κ1) is 63.4. The van der Waals surface area contributed by atoms with E-state index in [-0.39, 0.29) is 0 Å². The molecule has 0 N–H and O–H groups in total. The number of rotatable bonds is 52.